The highest BCUT2D eigenvalue weighted by Crippen LogP contribution is 2.30. The molecule has 1 aliphatic carbocycles. The van der Waals surface area contributed by atoms with Crippen molar-refractivity contribution in [3.05, 3.63) is 35.4 Å². The van der Waals surface area contributed by atoms with E-state index in [1.165, 1.54) is 12.0 Å². The summed E-state index contributed by atoms with van der Waals surface area (Å²) in [7, 11) is 4.09. The minimum atomic E-state index is -0.780. The van der Waals surface area contributed by atoms with Crippen molar-refractivity contribution < 1.29 is 9.90 Å². The topological polar surface area (TPSA) is 52.6 Å². The van der Waals surface area contributed by atoms with Crippen LogP contribution in [0.1, 0.15) is 49.7 Å². The number of rotatable bonds is 6. The summed E-state index contributed by atoms with van der Waals surface area (Å²) in [5, 5.41) is 13.3. The number of nitrogens with zero attached hydrogens (tertiary/aromatic N) is 1. The lowest BCUT2D eigenvalue weighted by atomic mass is 9.82. The average molecular weight is 304 g/mol. The number of nitrogens with one attached hydrogen (secondary N) is 1. The molecule has 0 spiro atoms. The number of amides is 1. The zero-order valence-electron chi connectivity index (χ0n) is 13.8. The van der Waals surface area contributed by atoms with E-state index < -0.39 is 5.60 Å². The van der Waals surface area contributed by atoms with Gasteiger partial charge in [0, 0.05) is 13.1 Å². The van der Waals surface area contributed by atoms with Crippen LogP contribution in [0.5, 0.6) is 0 Å². The Bertz CT molecular complexity index is 476. The molecule has 0 saturated heterocycles. The van der Waals surface area contributed by atoms with Gasteiger partial charge >= 0.3 is 0 Å². The van der Waals surface area contributed by atoms with Crippen LogP contribution in [0.4, 0.5) is 0 Å². The van der Waals surface area contributed by atoms with Gasteiger partial charge in [-0.2, -0.15) is 0 Å². The van der Waals surface area contributed by atoms with Gasteiger partial charge in [0.05, 0.1) is 12.0 Å². The summed E-state index contributed by atoms with van der Waals surface area (Å²) < 4.78 is 0. The maximum Gasteiger partial charge on any atom is 0.223 e. The van der Waals surface area contributed by atoms with Crippen molar-refractivity contribution in [1.82, 2.24) is 10.2 Å². The van der Waals surface area contributed by atoms with Gasteiger partial charge in [0.25, 0.3) is 0 Å². The fourth-order valence-corrected chi connectivity index (χ4v) is 3.08. The SMILES string of the molecule is CN(C)Cc1ccc(CNC(=O)CC2(O)CCCCC2)cc1. The average Bonchev–Trinajstić information content (AvgIpc) is 2.46. The minimum Gasteiger partial charge on any atom is -0.389 e. The van der Waals surface area contributed by atoms with Gasteiger partial charge in [-0.25, -0.2) is 0 Å². The van der Waals surface area contributed by atoms with Crippen molar-refractivity contribution in [3.8, 4) is 0 Å². The third kappa shape index (κ3) is 5.43. The first kappa shape index (κ1) is 17.0. The lowest BCUT2D eigenvalue weighted by Gasteiger charge is -2.31. The Hall–Kier alpha value is -1.39. The molecule has 2 N–H and O–H groups in total. The van der Waals surface area contributed by atoms with Crippen molar-refractivity contribution in [2.24, 2.45) is 0 Å². The maximum atomic E-state index is 12.0. The number of benzene rings is 1. The summed E-state index contributed by atoms with van der Waals surface area (Å²) in [6, 6.07) is 8.29. The Balaban J connectivity index is 1.78. The molecule has 122 valence electrons. The summed E-state index contributed by atoms with van der Waals surface area (Å²) in [6.07, 6.45) is 4.95. The summed E-state index contributed by atoms with van der Waals surface area (Å²) in [5.74, 6) is -0.0539. The number of hydrogen-bond donors (Lipinski definition) is 2. The van der Waals surface area contributed by atoms with Gasteiger partial charge in [0.2, 0.25) is 5.91 Å². The normalized spacial score (nSPS) is 17.5. The van der Waals surface area contributed by atoms with Crippen LogP contribution < -0.4 is 5.32 Å². The third-order valence-corrected chi connectivity index (χ3v) is 4.29. The molecular weight excluding hydrogens is 276 g/mol. The van der Waals surface area contributed by atoms with E-state index in [9.17, 15) is 9.90 Å². The zero-order chi connectivity index (χ0) is 16.0. The lowest BCUT2D eigenvalue weighted by Crippen LogP contribution is -2.38. The molecule has 0 atom stereocenters. The van der Waals surface area contributed by atoms with Gasteiger partial charge < -0.3 is 15.3 Å². The van der Waals surface area contributed by atoms with Crippen molar-refractivity contribution in [2.45, 2.75) is 57.2 Å². The maximum absolute atomic E-state index is 12.0. The van der Waals surface area contributed by atoms with Crippen LogP contribution in [0.25, 0.3) is 0 Å². The molecule has 0 heterocycles. The molecule has 1 amide bonds. The first-order valence-corrected chi connectivity index (χ1v) is 8.18. The Morgan fingerprint density at radius 1 is 1.14 bits per heavy atom. The fraction of sp³-hybridized carbons (Fsp3) is 0.611. The van der Waals surface area contributed by atoms with Crippen LogP contribution in [0.3, 0.4) is 0 Å². The zero-order valence-corrected chi connectivity index (χ0v) is 13.8. The first-order chi connectivity index (χ1) is 10.5. The monoisotopic (exact) mass is 304 g/mol. The minimum absolute atomic E-state index is 0.0539. The van der Waals surface area contributed by atoms with Crippen LogP contribution >= 0.6 is 0 Å². The standard InChI is InChI=1S/C18H28N2O2/c1-20(2)14-16-8-6-15(7-9-16)13-19-17(21)12-18(22)10-4-3-5-11-18/h6-9,22H,3-5,10-14H2,1-2H3,(H,19,21). The molecule has 1 fully saturated rings. The van der Waals surface area contributed by atoms with E-state index in [2.05, 4.69) is 34.5 Å². The quantitative estimate of drug-likeness (QED) is 0.849. The highest BCUT2D eigenvalue weighted by atomic mass is 16.3. The molecule has 0 radical (unpaired) electrons. The second-order valence-corrected chi connectivity index (χ2v) is 6.79. The molecule has 1 aliphatic rings. The molecule has 0 bridgehead atoms. The summed E-state index contributed by atoms with van der Waals surface area (Å²) in [5.41, 5.74) is 1.57. The first-order valence-electron chi connectivity index (χ1n) is 8.18. The molecule has 1 aromatic rings. The molecule has 1 aromatic carbocycles. The molecular formula is C18H28N2O2. The molecule has 0 unspecified atom stereocenters. The van der Waals surface area contributed by atoms with Crippen LogP contribution in [0.2, 0.25) is 0 Å². The predicted molar refractivity (Wildman–Crippen MR) is 88.3 cm³/mol. The van der Waals surface area contributed by atoms with Crippen molar-refractivity contribution in [3.63, 3.8) is 0 Å². The Labute approximate surface area is 133 Å². The van der Waals surface area contributed by atoms with Crippen LogP contribution in [-0.4, -0.2) is 35.6 Å². The van der Waals surface area contributed by atoms with E-state index >= 15 is 0 Å². The molecule has 2 rings (SSSR count). The van der Waals surface area contributed by atoms with Gasteiger partial charge in [0.15, 0.2) is 0 Å². The largest absolute Gasteiger partial charge is 0.389 e. The van der Waals surface area contributed by atoms with Gasteiger partial charge in [-0.15, -0.1) is 0 Å². The van der Waals surface area contributed by atoms with E-state index in [0.29, 0.717) is 6.54 Å². The van der Waals surface area contributed by atoms with Gasteiger partial charge in [0.1, 0.15) is 0 Å². The van der Waals surface area contributed by atoms with Crippen LogP contribution in [-0.2, 0) is 17.9 Å². The Kier molecular flexibility index (Phi) is 5.98. The molecule has 0 aliphatic heterocycles. The van der Waals surface area contributed by atoms with E-state index in [-0.39, 0.29) is 12.3 Å². The smallest absolute Gasteiger partial charge is 0.223 e. The molecule has 4 nitrogen and oxygen atoms in total. The molecule has 0 aromatic heterocycles. The van der Waals surface area contributed by atoms with Crippen molar-refractivity contribution in [2.75, 3.05) is 14.1 Å². The fourth-order valence-electron chi connectivity index (χ4n) is 3.08. The number of aliphatic hydroxyl groups is 1. The number of carbonyl (C=O) groups is 1. The van der Waals surface area contributed by atoms with Crippen LogP contribution in [0.15, 0.2) is 24.3 Å². The van der Waals surface area contributed by atoms with E-state index in [1.54, 1.807) is 0 Å². The second-order valence-electron chi connectivity index (χ2n) is 6.79. The lowest BCUT2D eigenvalue weighted by molar-refractivity contribution is -0.127. The van der Waals surface area contributed by atoms with Crippen molar-refractivity contribution in [1.29, 1.82) is 0 Å². The Morgan fingerprint density at radius 3 is 2.32 bits per heavy atom. The number of carbonyl (C=O) groups excluding carboxylic acids is 1. The third-order valence-electron chi connectivity index (χ3n) is 4.29. The molecule has 1 saturated carbocycles. The van der Waals surface area contributed by atoms with E-state index in [1.807, 2.05) is 14.1 Å². The summed E-state index contributed by atoms with van der Waals surface area (Å²) >= 11 is 0. The van der Waals surface area contributed by atoms with E-state index in [0.717, 1.165) is 37.8 Å². The highest BCUT2D eigenvalue weighted by molar-refractivity contribution is 5.77. The van der Waals surface area contributed by atoms with Gasteiger partial charge in [-0.1, -0.05) is 43.5 Å². The summed E-state index contributed by atoms with van der Waals surface area (Å²) in [4.78, 5) is 14.2. The van der Waals surface area contributed by atoms with Gasteiger partial charge in [-0.05, 0) is 38.1 Å². The second kappa shape index (κ2) is 7.75. The van der Waals surface area contributed by atoms with Crippen molar-refractivity contribution >= 4 is 5.91 Å². The van der Waals surface area contributed by atoms with Gasteiger partial charge in [-0.3, -0.25) is 4.79 Å². The van der Waals surface area contributed by atoms with E-state index in [4.69, 9.17) is 0 Å². The highest BCUT2D eigenvalue weighted by Gasteiger charge is 2.31. The van der Waals surface area contributed by atoms with Crippen LogP contribution in [0, 0.1) is 0 Å². The number of hydrogen-bond acceptors (Lipinski definition) is 3. The molecule has 4 heteroatoms. The summed E-state index contributed by atoms with van der Waals surface area (Å²) in [6.45, 7) is 1.44. The molecule has 22 heavy (non-hydrogen) atoms. The predicted octanol–water partition coefficient (Wildman–Crippen LogP) is 2.45. The Morgan fingerprint density at radius 2 is 1.73 bits per heavy atom.